The molecule has 19 heavy (non-hydrogen) atoms. The second-order valence-electron chi connectivity index (χ2n) is 5.06. The van der Waals surface area contributed by atoms with Gasteiger partial charge in [0.1, 0.15) is 5.41 Å². The molecule has 1 unspecified atom stereocenters. The van der Waals surface area contributed by atoms with Crippen LogP contribution in [-0.2, 0) is 9.47 Å². The van der Waals surface area contributed by atoms with Gasteiger partial charge in [0.2, 0.25) is 0 Å². The molecule has 1 aromatic carbocycles. The van der Waals surface area contributed by atoms with Crippen molar-refractivity contribution < 1.29 is 9.47 Å². The van der Waals surface area contributed by atoms with E-state index in [1.807, 2.05) is 32.0 Å². The molecule has 1 N–H and O–H groups in total. The van der Waals surface area contributed by atoms with Crippen LogP contribution in [0.4, 0.5) is 5.69 Å². The third-order valence-corrected chi connectivity index (χ3v) is 4.03. The summed E-state index contributed by atoms with van der Waals surface area (Å²) in [5.41, 5.74) is 0.836. The molecule has 0 aromatic heterocycles. The number of para-hydroxylation sites is 1. The summed E-state index contributed by atoms with van der Waals surface area (Å²) in [5, 5.41) is 3.46. The molecule has 0 aliphatic rings. The smallest absolute Gasteiger partial charge is 0.141 e. The molecule has 4 heteroatoms. The van der Waals surface area contributed by atoms with Gasteiger partial charge in [0.05, 0.1) is 10.2 Å². The summed E-state index contributed by atoms with van der Waals surface area (Å²) in [4.78, 5) is 0. The Balaban J connectivity index is 2.42. The van der Waals surface area contributed by atoms with Crippen molar-refractivity contribution in [3.8, 4) is 0 Å². The van der Waals surface area contributed by atoms with Gasteiger partial charge in [0, 0.05) is 31.9 Å². The van der Waals surface area contributed by atoms with E-state index < -0.39 is 0 Å². The van der Waals surface area contributed by atoms with Crippen molar-refractivity contribution in [3.63, 3.8) is 0 Å². The van der Waals surface area contributed by atoms with Crippen LogP contribution in [0, 0.1) is 5.92 Å². The summed E-state index contributed by atoms with van der Waals surface area (Å²) < 4.78 is 11.6. The van der Waals surface area contributed by atoms with E-state index in [1.165, 1.54) is 5.69 Å². The summed E-state index contributed by atoms with van der Waals surface area (Å²) in [7, 11) is 0.891. The first-order valence-corrected chi connectivity index (χ1v) is 8.16. The maximum absolute atomic E-state index is 5.80. The second-order valence-corrected chi connectivity index (χ2v) is 6.58. The van der Waals surface area contributed by atoms with Gasteiger partial charge in [-0.15, -0.1) is 0 Å². The lowest BCUT2D eigenvalue weighted by Gasteiger charge is -2.32. The summed E-state index contributed by atoms with van der Waals surface area (Å²) in [6, 6.07) is 10.3. The van der Waals surface area contributed by atoms with Crippen LogP contribution in [0.25, 0.3) is 0 Å². The van der Waals surface area contributed by atoms with Crippen molar-refractivity contribution in [3.05, 3.63) is 30.3 Å². The first kappa shape index (κ1) is 16.2. The Morgan fingerprint density at radius 3 is 2.26 bits per heavy atom. The minimum Gasteiger partial charge on any atom is -0.385 e. The van der Waals surface area contributed by atoms with Gasteiger partial charge >= 0.3 is 0 Å². The van der Waals surface area contributed by atoms with Gasteiger partial charge in [0.25, 0.3) is 0 Å². The van der Waals surface area contributed by atoms with E-state index in [2.05, 4.69) is 24.4 Å². The molecule has 0 amide bonds. The van der Waals surface area contributed by atoms with E-state index in [0.29, 0.717) is 19.1 Å². The van der Waals surface area contributed by atoms with Crippen LogP contribution in [0.5, 0.6) is 0 Å². The van der Waals surface area contributed by atoms with Crippen molar-refractivity contribution in [2.75, 3.05) is 25.1 Å². The molecule has 0 bridgehead atoms. The van der Waals surface area contributed by atoms with Crippen molar-refractivity contribution in [1.29, 1.82) is 0 Å². The molecule has 0 saturated heterocycles. The van der Waals surface area contributed by atoms with Crippen molar-refractivity contribution >= 4 is 15.9 Å². The highest BCUT2D eigenvalue weighted by Gasteiger charge is 2.26. The first-order valence-electron chi connectivity index (χ1n) is 7.16. The summed E-state index contributed by atoms with van der Waals surface area (Å²) in [5.74, 6) is 0.510. The highest BCUT2D eigenvalue weighted by Crippen LogP contribution is 2.20. The molecular formula is C15H27NO2Si. The van der Waals surface area contributed by atoms with Crippen LogP contribution < -0.4 is 5.32 Å². The maximum Gasteiger partial charge on any atom is 0.141 e. The van der Waals surface area contributed by atoms with Crippen LogP contribution in [0.3, 0.4) is 0 Å². The number of ether oxygens (including phenoxy) is 2. The van der Waals surface area contributed by atoms with Crippen LogP contribution in [0.1, 0.15) is 27.2 Å². The largest absolute Gasteiger partial charge is 0.385 e. The number of nitrogens with one attached hydrogen (secondary N) is 1. The van der Waals surface area contributed by atoms with Crippen LogP contribution in [0.2, 0.25) is 0 Å². The molecule has 0 saturated carbocycles. The van der Waals surface area contributed by atoms with Crippen molar-refractivity contribution in [2.24, 2.45) is 5.92 Å². The fraction of sp³-hybridized carbons (Fsp3) is 0.600. The lowest BCUT2D eigenvalue weighted by atomic mass is 10.1. The zero-order valence-corrected chi connectivity index (χ0v) is 14.6. The highest BCUT2D eigenvalue weighted by molar-refractivity contribution is 6.13. The molecule has 1 atom stereocenters. The summed E-state index contributed by atoms with van der Waals surface area (Å²) >= 11 is 0. The third-order valence-electron chi connectivity index (χ3n) is 3.05. The molecular weight excluding hydrogens is 254 g/mol. The Kier molecular flexibility index (Phi) is 7.13. The van der Waals surface area contributed by atoms with Gasteiger partial charge in [-0.05, 0) is 31.9 Å². The molecule has 0 aliphatic heterocycles. The van der Waals surface area contributed by atoms with E-state index in [-0.39, 0.29) is 5.41 Å². The number of hydrogen-bond acceptors (Lipinski definition) is 3. The predicted octanol–water partition coefficient (Wildman–Crippen LogP) is 2.22. The Hall–Kier alpha value is -0.843. The Morgan fingerprint density at radius 1 is 1.16 bits per heavy atom. The fourth-order valence-corrected chi connectivity index (χ4v) is 3.60. The van der Waals surface area contributed by atoms with E-state index in [4.69, 9.17) is 9.47 Å². The van der Waals surface area contributed by atoms with Crippen molar-refractivity contribution in [1.82, 2.24) is 0 Å². The Bertz CT molecular complexity index is 339. The number of benzene rings is 1. The number of hydrogen-bond donors (Lipinski definition) is 1. The molecule has 108 valence electrons. The maximum atomic E-state index is 5.80. The van der Waals surface area contributed by atoms with Crippen LogP contribution in [0.15, 0.2) is 30.3 Å². The Labute approximate surface area is 120 Å². The van der Waals surface area contributed by atoms with Crippen LogP contribution in [-0.4, -0.2) is 35.4 Å². The standard InChI is InChI=1S/C15H27NO2Si/c1-4-17-15(19,18-5-2)11-13(3)12-16-14-9-7-6-8-10-14/h6-10,13,16H,4-5,11-12H2,1-3,19H3. The van der Waals surface area contributed by atoms with E-state index >= 15 is 0 Å². The molecule has 0 heterocycles. The van der Waals surface area contributed by atoms with Gasteiger partial charge in [-0.1, -0.05) is 25.1 Å². The van der Waals surface area contributed by atoms with Gasteiger partial charge in [0.15, 0.2) is 0 Å². The van der Waals surface area contributed by atoms with Gasteiger partial charge in [-0.25, -0.2) is 0 Å². The number of anilines is 1. The van der Waals surface area contributed by atoms with E-state index in [1.54, 1.807) is 0 Å². The second kappa shape index (κ2) is 8.35. The zero-order valence-electron chi connectivity index (χ0n) is 12.6. The average molecular weight is 281 g/mol. The molecule has 0 radical (unpaired) electrons. The molecule has 0 fully saturated rings. The molecule has 3 nitrogen and oxygen atoms in total. The normalized spacial score (nSPS) is 13.4. The topological polar surface area (TPSA) is 30.5 Å². The predicted molar refractivity (Wildman–Crippen MR) is 84.6 cm³/mol. The van der Waals surface area contributed by atoms with Crippen molar-refractivity contribution in [2.45, 2.75) is 32.6 Å². The molecule has 0 spiro atoms. The molecule has 1 rings (SSSR count). The SMILES string of the molecule is CCOC([SiH3])(CC(C)CNc1ccccc1)OCC. The minimum atomic E-state index is -0.332. The Morgan fingerprint density at radius 2 is 1.74 bits per heavy atom. The summed E-state index contributed by atoms with van der Waals surface area (Å²) in [6.07, 6.45) is 0.945. The molecule has 0 aliphatic carbocycles. The van der Waals surface area contributed by atoms with E-state index in [0.717, 1.165) is 23.2 Å². The van der Waals surface area contributed by atoms with Gasteiger partial charge in [-0.2, -0.15) is 0 Å². The lowest BCUT2D eigenvalue weighted by Crippen LogP contribution is -2.39. The van der Waals surface area contributed by atoms with Gasteiger partial charge < -0.3 is 14.8 Å². The highest BCUT2D eigenvalue weighted by atomic mass is 28.1. The zero-order chi connectivity index (χ0) is 14.1. The fourth-order valence-electron chi connectivity index (χ4n) is 2.32. The molecule has 1 aromatic rings. The van der Waals surface area contributed by atoms with Crippen LogP contribution >= 0.6 is 0 Å². The lowest BCUT2D eigenvalue weighted by molar-refractivity contribution is -0.181. The quantitative estimate of drug-likeness (QED) is 0.556. The number of rotatable bonds is 9. The van der Waals surface area contributed by atoms with Gasteiger partial charge in [-0.3, -0.25) is 0 Å². The summed E-state index contributed by atoms with van der Waals surface area (Å²) in [6.45, 7) is 8.65. The first-order chi connectivity index (χ1) is 9.09. The monoisotopic (exact) mass is 281 g/mol. The minimum absolute atomic E-state index is 0.332. The average Bonchev–Trinajstić information content (AvgIpc) is 2.38. The third kappa shape index (κ3) is 6.23. The van der Waals surface area contributed by atoms with E-state index in [9.17, 15) is 0 Å².